The lowest BCUT2D eigenvalue weighted by molar-refractivity contribution is 0.235. The first-order chi connectivity index (χ1) is 8.83. The number of amidine groups is 1. The highest BCUT2D eigenvalue weighted by Gasteiger charge is 2.02. The van der Waals surface area contributed by atoms with Crippen molar-refractivity contribution >= 4 is 11.5 Å². The fraction of sp³-hybridized carbons (Fsp3) is 0. The van der Waals surface area contributed by atoms with Crippen molar-refractivity contribution in [2.75, 3.05) is 0 Å². The van der Waals surface area contributed by atoms with Crippen LogP contribution < -0.4 is 5.48 Å². The third-order valence-corrected chi connectivity index (χ3v) is 2.39. The third kappa shape index (κ3) is 2.73. The van der Waals surface area contributed by atoms with Gasteiger partial charge in [0, 0.05) is 5.56 Å². The van der Waals surface area contributed by atoms with E-state index in [1.165, 1.54) is 0 Å². The van der Waals surface area contributed by atoms with Gasteiger partial charge in [0.2, 0.25) is 0 Å². The van der Waals surface area contributed by atoms with Crippen LogP contribution in [0.25, 0.3) is 0 Å². The molecule has 4 heteroatoms. The molecular weight excluding hydrogens is 226 g/mol. The molecule has 2 N–H and O–H groups in total. The Kier molecular flexibility index (Phi) is 3.69. The van der Waals surface area contributed by atoms with Crippen LogP contribution >= 0.6 is 0 Å². The predicted octanol–water partition coefficient (Wildman–Crippen LogP) is 2.62. The molecule has 0 radical (unpaired) electrons. The Labute approximate surface area is 105 Å². The molecule has 2 aromatic rings. The smallest absolute Gasteiger partial charge is 0.157 e. The Balaban J connectivity index is 2.34. The molecule has 18 heavy (non-hydrogen) atoms. The van der Waals surface area contributed by atoms with Crippen molar-refractivity contribution in [2.45, 2.75) is 0 Å². The Morgan fingerprint density at radius 1 is 1.06 bits per heavy atom. The van der Waals surface area contributed by atoms with E-state index >= 15 is 0 Å². The molecule has 0 amide bonds. The van der Waals surface area contributed by atoms with Crippen LogP contribution in [0.15, 0.2) is 59.6 Å². The summed E-state index contributed by atoms with van der Waals surface area (Å²) >= 11 is 0. The molecule has 0 bridgehead atoms. The first-order valence-corrected chi connectivity index (χ1v) is 5.38. The second-order valence-corrected chi connectivity index (χ2v) is 3.60. The van der Waals surface area contributed by atoms with Crippen molar-refractivity contribution in [3.8, 4) is 6.07 Å². The molecule has 2 rings (SSSR count). The standard InChI is InChI=1S/C14H11N3O/c15-10-11-6-8-12(9-7-11)14(17-18)16-13-4-2-1-3-5-13/h1-9,18H,(H,16,17). The number of rotatable bonds is 2. The van der Waals surface area contributed by atoms with Crippen LogP contribution in [0.2, 0.25) is 0 Å². The molecule has 0 heterocycles. The number of nitrogens with one attached hydrogen (secondary N) is 1. The third-order valence-electron chi connectivity index (χ3n) is 2.39. The van der Waals surface area contributed by atoms with Gasteiger partial charge >= 0.3 is 0 Å². The lowest BCUT2D eigenvalue weighted by Gasteiger charge is -2.04. The number of nitrogens with zero attached hydrogens (tertiary/aromatic N) is 2. The summed E-state index contributed by atoms with van der Waals surface area (Å²) in [5, 5.41) is 17.8. The average molecular weight is 237 g/mol. The Hall–Kier alpha value is -2.64. The van der Waals surface area contributed by atoms with Gasteiger partial charge in [0.15, 0.2) is 5.84 Å². The van der Waals surface area contributed by atoms with Crippen LogP contribution in [0.1, 0.15) is 11.1 Å². The maximum atomic E-state index is 9.12. The van der Waals surface area contributed by atoms with Crippen LogP contribution in [-0.2, 0) is 0 Å². The van der Waals surface area contributed by atoms with Crippen molar-refractivity contribution < 1.29 is 5.21 Å². The normalized spacial score (nSPS) is 10.8. The van der Waals surface area contributed by atoms with E-state index in [1.54, 1.807) is 24.3 Å². The first kappa shape index (κ1) is 11.8. The minimum absolute atomic E-state index is 0.339. The Morgan fingerprint density at radius 2 is 1.72 bits per heavy atom. The maximum Gasteiger partial charge on any atom is 0.157 e. The largest absolute Gasteiger partial charge is 0.290 e. The molecule has 0 aromatic heterocycles. The second kappa shape index (κ2) is 5.62. The van der Waals surface area contributed by atoms with Gasteiger partial charge in [0.05, 0.1) is 17.3 Å². The molecule has 4 nitrogen and oxygen atoms in total. The highest BCUT2D eigenvalue weighted by molar-refractivity contribution is 5.99. The van der Waals surface area contributed by atoms with E-state index < -0.39 is 0 Å². The number of aliphatic imine (C=N–C) groups is 1. The summed E-state index contributed by atoms with van der Waals surface area (Å²) in [4.78, 5) is 4.28. The SMILES string of the molecule is N#Cc1ccc(C(=Nc2ccccc2)NO)cc1. The van der Waals surface area contributed by atoms with Crippen LogP contribution in [0.4, 0.5) is 5.69 Å². The number of hydroxylamine groups is 1. The summed E-state index contributed by atoms with van der Waals surface area (Å²) < 4.78 is 0. The summed E-state index contributed by atoms with van der Waals surface area (Å²) in [5.41, 5.74) is 4.08. The Morgan fingerprint density at radius 3 is 2.28 bits per heavy atom. The van der Waals surface area contributed by atoms with Gasteiger partial charge in [-0.15, -0.1) is 0 Å². The van der Waals surface area contributed by atoms with E-state index in [0.717, 1.165) is 5.69 Å². The van der Waals surface area contributed by atoms with Gasteiger partial charge in [-0.05, 0) is 36.4 Å². The zero-order chi connectivity index (χ0) is 12.8. The summed E-state index contributed by atoms with van der Waals surface area (Å²) in [6.07, 6.45) is 0. The van der Waals surface area contributed by atoms with Gasteiger partial charge in [-0.25, -0.2) is 4.99 Å². The molecule has 0 unspecified atom stereocenters. The number of hydrogen-bond donors (Lipinski definition) is 2. The van der Waals surface area contributed by atoms with Gasteiger partial charge < -0.3 is 0 Å². The van der Waals surface area contributed by atoms with E-state index in [9.17, 15) is 0 Å². The van der Waals surface area contributed by atoms with Gasteiger partial charge in [-0.1, -0.05) is 18.2 Å². The summed E-state index contributed by atoms with van der Waals surface area (Å²) in [7, 11) is 0. The Bertz CT molecular complexity index is 583. The van der Waals surface area contributed by atoms with E-state index in [1.807, 2.05) is 36.4 Å². The van der Waals surface area contributed by atoms with Crippen LogP contribution in [0.3, 0.4) is 0 Å². The first-order valence-electron chi connectivity index (χ1n) is 5.38. The molecule has 0 spiro atoms. The quantitative estimate of drug-likeness (QED) is 0.479. The zero-order valence-corrected chi connectivity index (χ0v) is 9.54. The van der Waals surface area contributed by atoms with Crippen LogP contribution in [0, 0.1) is 11.3 Å². The number of benzene rings is 2. The average Bonchev–Trinajstić information content (AvgIpc) is 2.46. The van der Waals surface area contributed by atoms with Crippen molar-refractivity contribution in [3.63, 3.8) is 0 Å². The van der Waals surface area contributed by atoms with Crippen LogP contribution in [-0.4, -0.2) is 11.0 Å². The lowest BCUT2D eigenvalue weighted by atomic mass is 10.1. The highest BCUT2D eigenvalue weighted by atomic mass is 16.5. The molecule has 88 valence electrons. The number of para-hydroxylation sites is 1. The van der Waals surface area contributed by atoms with Crippen molar-refractivity contribution in [1.29, 1.82) is 5.26 Å². The monoisotopic (exact) mass is 237 g/mol. The second-order valence-electron chi connectivity index (χ2n) is 3.60. The van der Waals surface area contributed by atoms with E-state index in [4.69, 9.17) is 10.5 Å². The van der Waals surface area contributed by atoms with E-state index in [2.05, 4.69) is 10.5 Å². The number of hydrogen-bond acceptors (Lipinski definition) is 3. The predicted molar refractivity (Wildman–Crippen MR) is 68.7 cm³/mol. The molecule has 0 fully saturated rings. The molecule has 0 saturated heterocycles. The highest BCUT2D eigenvalue weighted by Crippen LogP contribution is 2.12. The summed E-state index contributed by atoms with van der Waals surface area (Å²) in [5.74, 6) is 0.339. The lowest BCUT2D eigenvalue weighted by Crippen LogP contribution is -2.19. The van der Waals surface area contributed by atoms with Crippen LogP contribution in [0.5, 0.6) is 0 Å². The zero-order valence-electron chi connectivity index (χ0n) is 9.54. The fourth-order valence-electron chi connectivity index (χ4n) is 1.49. The summed E-state index contributed by atoms with van der Waals surface area (Å²) in [6, 6.07) is 18.1. The molecule has 0 aliphatic heterocycles. The number of nitriles is 1. The molecule has 0 aliphatic carbocycles. The molecular formula is C14H11N3O. The minimum Gasteiger partial charge on any atom is -0.290 e. The molecule has 0 aliphatic rings. The van der Waals surface area contributed by atoms with E-state index in [0.29, 0.717) is 17.0 Å². The van der Waals surface area contributed by atoms with Gasteiger partial charge in [-0.2, -0.15) is 5.26 Å². The molecule has 2 aromatic carbocycles. The summed E-state index contributed by atoms with van der Waals surface area (Å²) in [6.45, 7) is 0. The van der Waals surface area contributed by atoms with Gasteiger partial charge in [0.1, 0.15) is 0 Å². The van der Waals surface area contributed by atoms with Gasteiger partial charge in [-0.3, -0.25) is 10.7 Å². The minimum atomic E-state index is 0.339. The van der Waals surface area contributed by atoms with Crippen molar-refractivity contribution in [2.24, 2.45) is 4.99 Å². The van der Waals surface area contributed by atoms with Crippen molar-refractivity contribution in [3.05, 3.63) is 65.7 Å². The molecule has 0 saturated carbocycles. The molecule has 0 atom stereocenters. The maximum absolute atomic E-state index is 9.12. The fourth-order valence-corrected chi connectivity index (χ4v) is 1.49. The topological polar surface area (TPSA) is 68.4 Å². The van der Waals surface area contributed by atoms with Crippen molar-refractivity contribution in [1.82, 2.24) is 5.48 Å². The van der Waals surface area contributed by atoms with E-state index in [-0.39, 0.29) is 0 Å². The van der Waals surface area contributed by atoms with Gasteiger partial charge in [0.25, 0.3) is 0 Å².